The highest BCUT2D eigenvalue weighted by Gasteiger charge is 2.41. The minimum atomic E-state index is -1.21. The van der Waals surface area contributed by atoms with Gasteiger partial charge in [0, 0.05) is 24.5 Å². The molecule has 1 N–H and O–H groups in total. The summed E-state index contributed by atoms with van der Waals surface area (Å²) in [7, 11) is 0. The molecule has 0 radical (unpaired) electrons. The van der Waals surface area contributed by atoms with Crippen molar-refractivity contribution in [1.29, 1.82) is 0 Å². The molecule has 3 rings (SSSR count). The number of carboxylic acid groups (broad SMARTS) is 1. The van der Waals surface area contributed by atoms with Crippen LogP contribution in [0.2, 0.25) is 0 Å². The Bertz CT molecular complexity index is 788. The topological polar surface area (TPSA) is 60.9 Å². The Morgan fingerprint density at radius 3 is 2.04 bits per heavy atom. The molecule has 5 nitrogen and oxygen atoms in total. The Labute approximate surface area is 141 Å². The fourth-order valence-corrected chi connectivity index (χ4v) is 3.22. The third-order valence-electron chi connectivity index (χ3n) is 4.44. The average Bonchev–Trinajstić information content (AvgIpc) is 2.55. The zero-order valence-electron chi connectivity index (χ0n) is 13.8. The van der Waals surface area contributed by atoms with Crippen LogP contribution in [0.25, 0.3) is 0 Å². The Kier molecular flexibility index (Phi) is 4.25. The van der Waals surface area contributed by atoms with Crippen LogP contribution in [0.1, 0.15) is 11.1 Å². The van der Waals surface area contributed by atoms with E-state index >= 15 is 0 Å². The lowest BCUT2D eigenvalue weighted by atomic mass is 10.0. The van der Waals surface area contributed by atoms with Gasteiger partial charge in [-0.25, -0.2) is 4.79 Å². The molecular formula is C19H20N2O3. The maximum absolute atomic E-state index is 12.9. The van der Waals surface area contributed by atoms with Crippen LogP contribution in [0.4, 0.5) is 11.4 Å². The molecule has 0 aromatic heterocycles. The highest BCUT2D eigenvalue weighted by molar-refractivity contribution is 6.12. The standard InChI is InChI=1S/C19H20N2O3/c1-13-7-3-5-9-15(13)20-11-12-21(18(22)17(20)19(23)24)16-10-6-4-8-14(16)2/h3-10,17H,11-12H2,1-2H3,(H,23,24). The van der Waals surface area contributed by atoms with Gasteiger partial charge in [0.15, 0.2) is 0 Å². The van der Waals surface area contributed by atoms with Gasteiger partial charge in [-0.3, -0.25) is 4.79 Å². The Morgan fingerprint density at radius 1 is 0.958 bits per heavy atom. The number of hydrogen-bond donors (Lipinski definition) is 1. The maximum atomic E-state index is 12.9. The molecule has 0 saturated carbocycles. The zero-order valence-corrected chi connectivity index (χ0v) is 13.8. The zero-order chi connectivity index (χ0) is 17.3. The van der Waals surface area contributed by atoms with Gasteiger partial charge < -0.3 is 14.9 Å². The summed E-state index contributed by atoms with van der Waals surface area (Å²) in [5, 5.41) is 9.68. The van der Waals surface area contributed by atoms with Gasteiger partial charge in [0.05, 0.1) is 0 Å². The number of aliphatic carboxylic acids is 1. The number of piperazine rings is 1. The van der Waals surface area contributed by atoms with Crippen molar-refractivity contribution in [2.45, 2.75) is 19.9 Å². The van der Waals surface area contributed by atoms with Gasteiger partial charge in [0.1, 0.15) is 0 Å². The fraction of sp³-hybridized carbons (Fsp3) is 0.263. The van der Waals surface area contributed by atoms with Crippen molar-refractivity contribution >= 4 is 23.3 Å². The lowest BCUT2D eigenvalue weighted by Crippen LogP contribution is -2.61. The van der Waals surface area contributed by atoms with Crippen LogP contribution in [-0.4, -0.2) is 36.1 Å². The second-order valence-corrected chi connectivity index (χ2v) is 6.00. The predicted octanol–water partition coefficient (Wildman–Crippen LogP) is 2.61. The summed E-state index contributed by atoms with van der Waals surface area (Å²) in [6, 6.07) is 13.9. The van der Waals surface area contributed by atoms with E-state index in [2.05, 4.69) is 0 Å². The van der Waals surface area contributed by atoms with Crippen LogP contribution in [0.3, 0.4) is 0 Å². The molecule has 1 unspecified atom stereocenters. The van der Waals surface area contributed by atoms with E-state index in [-0.39, 0.29) is 0 Å². The van der Waals surface area contributed by atoms with Crippen LogP contribution in [0, 0.1) is 13.8 Å². The first-order valence-electron chi connectivity index (χ1n) is 7.93. The lowest BCUT2D eigenvalue weighted by Gasteiger charge is -2.40. The van der Waals surface area contributed by atoms with Gasteiger partial charge in [-0.15, -0.1) is 0 Å². The van der Waals surface area contributed by atoms with E-state index < -0.39 is 17.9 Å². The number of benzene rings is 2. The second-order valence-electron chi connectivity index (χ2n) is 6.00. The van der Waals surface area contributed by atoms with Crippen molar-refractivity contribution in [3.8, 4) is 0 Å². The quantitative estimate of drug-likeness (QED) is 0.882. The van der Waals surface area contributed by atoms with Crippen molar-refractivity contribution in [2.75, 3.05) is 22.9 Å². The minimum absolute atomic E-state index is 0.397. The molecule has 5 heteroatoms. The van der Waals surface area contributed by atoms with Crippen molar-refractivity contribution in [2.24, 2.45) is 0 Å². The summed E-state index contributed by atoms with van der Waals surface area (Å²) >= 11 is 0. The maximum Gasteiger partial charge on any atom is 0.336 e. The molecule has 0 aliphatic carbocycles. The molecular weight excluding hydrogens is 304 g/mol. The fourth-order valence-electron chi connectivity index (χ4n) is 3.22. The summed E-state index contributed by atoms with van der Waals surface area (Å²) in [6.45, 7) is 4.78. The average molecular weight is 324 g/mol. The number of rotatable bonds is 3. The molecule has 2 aromatic rings. The highest BCUT2D eigenvalue weighted by Crippen LogP contribution is 2.29. The minimum Gasteiger partial charge on any atom is -0.479 e. The van der Waals surface area contributed by atoms with Crippen LogP contribution >= 0.6 is 0 Å². The number of carbonyl (C=O) groups is 2. The van der Waals surface area contributed by atoms with Crippen molar-refractivity contribution < 1.29 is 14.7 Å². The van der Waals surface area contributed by atoms with E-state index in [1.807, 2.05) is 62.4 Å². The molecule has 0 spiro atoms. The third-order valence-corrected chi connectivity index (χ3v) is 4.44. The SMILES string of the molecule is Cc1ccccc1N1CCN(c2ccccc2C)C(C(=O)O)C1=O. The largest absolute Gasteiger partial charge is 0.479 e. The summed E-state index contributed by atoms with van der Waals surface area (Å²) in [5.41, 5.74) is 3.49. The van der Waals surface area contributed by atoms with Crippen LogP contribution < -0.4 is 9.80 Å². The van der Waals surface area contributed by atoms with E-state index in [4.69, 9.17) is 0 Å². The first kappa shape index (κ1) is 16.1. The summed E-state index contributed by atoms with van der Waals surface area (Å²) in [5.74, 6) is -1.52. The second kappa shape index (κ2) is 6.35. The number of hydrogen-bond acceptors (Lipinski definition) is 3. The van der Waals surface area contributed by atoms with Crippen molar-refractivity contribution in [1.82, 2.24) is 0 Å². The van der Waals surface area contributed by atoms with E-state index in [0.29, 0.717) is 13.1 Å². The van der Waals surface area contributed by atoms with Gasteiger partial charge in [0.2, 0.25) is 6.04 Å². The van der Waals surface area contributed by atoms with E-state index in [1.165, 1.54) is 0 Å². The highest BCUT2D eigenvalue weighted by atomic mass is 16.4. The number of amides is 1. The van der Waals surface area contributed by atoms with Gasteiger partial charge in [-0.05, 0) is 37.1 Å². The van der Waals surface area contributed by atoms with Crippen molar-refractivity contribution in [3.05, 3.63) is 59.7 Å². The van der Waals surface area contributed by atoms with E-state index in [9.17, 15) is 14.7 Å². The Morgan fingerprint density at radius 2 is 1.50 bits per heavy atom. The lowest BCUT2D eigenvalue weighted by molar-refractivity contribution is -0.142. The normalized spacial score (nSPS) is 17.9. The monoisotopic (exact) mass is 324 g/mol. The molecule has 1 aliphatic heterocycles. The third kappa shape index (κ3) is 2.73. The van der Waals surface area contributed by atoms with Crippen LogP contribution in [0.15, 0.2) is 48.5 Å². The molecule has 24 heavy (non-hydrogen) atoms. The predicted molar refractivity (Wildman–Crippen MR) is 93.5 cm³/mol. The van der Waals surface area contributed by atoms with Crippen LogP contribution in [-0.2, 0) is 9.59 Å². The number of carboxylic acids is 1. The molecule has 1 amide bonds. The first-order chi connectivity index (χ1) is 11.5. The number of nitrogens with zero attached hydrogens (tertiary/aromatic N) is 2. The summed E-state index contributed by atoms with van der Waals surface area (Å²) in [4.78, 5) is 28.0. The van der Waals surface area contributed by atoms with E-state index in [0.717, 1.165) is 22.5 Å². The molecule has 1 fully saturated rings. The number of anilines is 2. The molecule has 1 heterocycles. The molecule has 0 bridgehead atoms. The molecule has 2 aromatic carbocycles. The number of aryl methyl sites for hydroxylation is 2. The smallest absolute Gasteiger partial charge is 0.336 e. The first-order valence-corrected chi connectivity index (χ1v) is 7.93. The van der Waals surface area contributed by atoms with Crippen LogP contribution in [0.5, 0.6) is 0 Å². The van der Waals surface area contributed by atoms with Gasteiger partial charge in [-0.1, -0.05) is 36.4 Å². The number of carbonyl (C=O) groups excluding carboxylic acids is 1. The molecule has 1 atom stereocenters. The molecule has 1 saturated heterocycles. The summed E-state index contributed by atoms with van der Waals surface area (Å²) < 4.78 is 0. The van der Waals surface area contributed by atoms with E-state index in [1.54, 1.807) is 9.80 Å². The molecule has 124 valence electrons. The van der Waals surface area contributed by atoms with Crippen molar-refractivity contribution in [3.63, 3.8) is 0 Å². The van der Waals surface area contributed by atoms with Gasteiger partial charge in [-0.2, -0.15) is 0 Å². The van der Waals surface area contributed by atoms with Gasteiger partial charge in [0.25, 0.3) is 5.91 Å². The molecule has 1 aliphatic rings. The summed E-state index contributed by atoms with van der Waals surface area (Å²) in [6.07, 6.45) is 0. The van der Waals surface area contributed by atoms with Gasteiger partial charge >= 0.3 is 5.97 Å². The Hall–Kier alpha value is -2.82. The number of para-hydroxylation sites is 2. The Balaban J connectivity index is 1.99.